The number of amides is 1. The van der Waals surface area contributed by atoms with E-state index in [9.17, 15) is 9.59 Å². The first-order valence-corrected chi connectivity index (χ1v) is 9.46. The third kappa shape index (κ3) is 4.85. The summed E-state index contributed by atoms with van der Waals surface area (Å²) in [5.41, 5.74) is 2.59. The fourth-order valence-corrected chi connectivity index (χ4v) is 3.01. The zero-order valence-corrected chi connectivity index (χ0v) is 17.1. The Hall–Kier alpha value is -3.81. The second-order valence-corrected chi connectivity index (χ2v) is 6.40. The van der Waals surface area contributed by atoms with Crippen LogP contribution in [-0.4, -0.2) is 37.4 Å². The monoisotopic (exact) mass is 415 g/mol. The van der Waals surface area contributed by atoms with Gasteiger partial charge in [-0.3, -0.25) is 9.59 Å². The van der Waals surface area contributed by atoms with Crippen LogP contribution >= 0.6 is 0 Å². The highest BCUT2D eigenvalue weighted by Crippen LogP contribution is 2.24. The molecule has 7 nitrogen and oxygen atoms in total. The maximum absolute atomic E-state index is 12.5. The summed E-state index contributed by atoms with van der Waals surface area (Å²) >= 11 is 0. The number of hydrogen-bond donors (Lipinski definition) is 0. The van der Waals surface area contributed by atoms with Gasteiger partial charge in [0.1, 0.15) is 0 Å². The number of Topliss-reactive ketones (excluding diaryl/α,β-unsaturated/α-hetero) is 1. The van der Waals surface area contributed by atoms with Gasteiger partial charge < -0.3 is 9.47 Å². The molecule has 1 aliphatic rings. The number of hydrogen-bond acceptors (Lipinski definition) is 6. The van der Waals surface area contributed by atoms with Crippen LogP contribution in [0.15, 0.2) is 106 Å². The van der Waals surface area contributed by atoms with Crippen LogP contribution in [0, 0.1) is 0 Å². The third-order valence-electron chi connectivity index (χ3n) is 4.59. The van der Waals surface area contributed by atoms with Crippen molar-refractivity contribution >= 4 is 17.4 Å². The van der Waals surface area contributed by atoms with Crippen LogP contribution in [0.4, 0.5) is 0 Å². The van der Waals surface area contributed by atoms with Crippen LogP contribution in [0.3, 0.4) is 0 Å². The van der Waals surface area contributed by atoms with E-state index in [4.69, 9.17) is 9.47 Å². The zero-order chi connectivity index (χ0) is 22.1. The lowest BCUT2D eigenvalue weighted by molar-refractivity contribution is -0.129. The van der Waals surface area contributed by atoms with Gasteiger partial charge in [-0.2, -0.15) is 0 Å². The molecule has 0 saturated carbocycles. The summed E-state index contributed by atoms with van der Waals surface area (Å²) < 4.78 is 10.2. The lowest BCUT2D eigenvalue weighted by Gasteiger charge is -2.27. The normalized spacial score (nSPS) is 12.7. The molecule has 3 aromatic carbocycles. The van der Waals surface area contributed by atoms with Crippen molar-refractivity contribution in [2.75, 3.05) is 14.2 Å². The molecule has 0 saturated heterocycles. The van der Waals surface area contributed by atoms with E-state index in [1.807, 2.05) is 12.1 Å². The number of methoxy groups -OCH3 is 2. The summed E-state index contributed by atoms with van der Waals surface area (Å²) in [4.78, 5) is 24.1. The quantitative estimate of drug-likeness (QED) is 0.436. The fraction of sp³-hybridized carbons (Fsp3) is 0.125. The summed E-state index contributed by atoms with van der Waals surface area (Å²) in [6.07, 6.45) is 0. The van der Waals surface area contributed by atoms with E-state index in [1.165, 1.54) is 25.3 Å². The van der Waals surface area contributed by atoms with Gasteiger partial charge >= 0.3 is 5.91 Å². The molecular weight excluding hydrogens is 394 g/mol. The van der Waals surface area contributed by atoms with Crippen molar-refractivity contribution in [3.63, 3.8) is 0 Å². The second-order valence-electron chi connectivity index (χ2n) is 6.40. The Morgan fingerprint density at radius 3 is 1.58 bits per heavy atom. The van der Waals surface area contributed by atoms with Crippen LogP contribution in [-0.2, 0) is 14.3 Å². The number of benzene rings is 3. The van der Waals surface area contributed by atoms with Crippen molar-refractivity contribution in [2.45, 2.75) is 5.79 Å². The predicted molar refractivity (Wildman–Crippen MR) is 117 cm³/mol. The molecule has 0 bridgehead atoms. The number of carbonyl (C=O) groups is 2. The Balaban J connectivity index is 0.000000194. The summed E-state index contributed by atoms with van der Waals surface area (Å²) in [5.74, 6) is -3.23. The number of carbonyl (C=O) groups excluding carboxylic acids is 2. The molecule has 7 heteroatoms. The van der Waals surface area contributed by atoms with Crippen LogP contribution in [0.2, 0.25) is 0 Å². The van der Waals surface area contributed by atoms with Crippen molar-refractivity contribution < 1.29 is 19.1 Å². The standard InChI is InChI=1S/C12H11N3O4.C12H10/c1-18-12(19-2,9-11(17)14-15-13-9)10(16)8-6-4-3-5-7-8;1-3-7-11(8-4-1)12-9-5-2-6-10-12/h3-7H,1-2H3;1-10H. The second kappa shape index (κ2) is 10.3. The van der Waals surface area contributed by atoms with Gasteiger partial charge in [-0.05, 0) is 16.4 Å². The van der Waals surface area contributed by atoms with Gasteiger partial charge in [0.25, 0.3) is 5.79 Å². The molecule has 0 atom stereocenters. The van der Waals surface area contributed by atoms with Crippen molar-refractivity contribution in [1.82, 2.24) is 0 Å². The maximum Gasteiger partial charge on any atom is 0.319 e. The fourth-order valence-electron chi connectivity index (χ4n) is 3.01. The summed E-state index contributed by atoms with van der Waals surface area (Å²) in [5, 5.41) is 9.99. The molecule has 156 valence electrons. The molecule has 1 heterocycles. The highest BCUT2D eigenvalue weighted by Gasteiger charge is 2.50. The van der Waals surface area contributed by atoms with Gasteiger partial charge in [-0.25, -0.2) is 0 Å². The molecule has 31 heavy (non-hydrogen) atoms. The highest BCUT2D eigenvalue weighted by atomic mass is 16.7. The zero-order valence-electron chi connectivity index (χ0n) is 17.1. The van der Waals surface area contributed by atoms with Crippen LogP contribution < -0.4 is 0 Å². The molecule has 0 aromatic heterocycles. The molecule has 1 amide bonds. The first kappa shape index (κ1) is 21.9. The van der Waals surface area contributed by atoms with Gasteiger partial charge in [0.15, 0.2) is 0 Å². The number of nitrogens with zero attached hydrogens (tertiary/aromatic N) is 3. The smallest absolute Gasteiger partial charge is 0.319 e. The van der Waals surface area contributed by atoms with Crippen molar-refractivity contribution in [1.29, 1.82) is 0 Å². The molecule has 0 fully saturated rings. The number of ketones is 1. The minimum absolute atomic E-state index is 0.286. The van der Waals surface area contributed by atoms with Gasteiger partial charge in [-0.1, -0.05) is 96.1 Å². The molecule has 0 N–H and O–H groups in total. The van der Waals surface area contributed by atoms with E-state index < -0.39 is 17.5 Å². The van der Waals surface area contributed by atoms with E-state index in [2.05, 4.69) is 64.0 Å². The molecule has 0 aliphatic carbocycles. The van der Waals surface area contributed by atoms with Gasteiger partial charge in [-0.15, -0.1) is 5.10 Å². The van der Waals surface area contributed by atoms with Crippen molar-refractivity contribution in [2.24, 2.45) is 15.4 Å². The largest absolute Gasteiger partial charge is 0.342 e. The average molecular weight is 415 g/mol. The van der Waals surface area contributed by atoms with Crippen LogP contribution in [0.5, 0.6) is 0 Å². The Morgan fingerprint density at radius 2 is 1.19 bits per heavy atom. The highest BCUT2D eigenvalue weighted by molar-refractivity contribution is 6.47. The first-order chi connectivity index (χ1) is 15.1. The lowest BCUT2D eigenvalue weighted by Crippen LogP contribution is -2.52. The van der Waals surface area contributed by atoms with E-state index in [0.717, 1.165) is 0 Å². The minimum atomic E-state index is -1.93. The van der Waals surface area contributed by atoms with Gasteiger partial charge in [0, 0.05) is 19.8 Å². The number of rotatable bonds is 6. The average Bonchev–Trinajstić information content (AvgIpc) is 3.28. The Labute approximate surface area is 180 Å². The topological polar surface area (TPSA) is 89.7 Å². The lowest BCUT2D eigenvalue weighted by atomic mass is 9.98. The Bertz CT molecular complexity index is 1040. The van der Waals surface area contributed by atoms with E-state index in [-0.39, 0.29) is 5.71 Å². The van der Waals surface area contributed by atoms with Gasteiger partial charge in [0.2, 0.25) is 11.5 Å². The molecule has 0 unspecified atom stereocenters. The Morgan fingerprint density at radius 1 is 0.742 bits per heavy atom. The predicted octanol–water partition coefficient (Wildman–Crippen LogP) is 4.56. The molecular formula is C24H21N3O4. The van der Waals surface area contributed by atoms with Crippen molar-refractivity contribution in [3.05, 3.63) is 96.6 Å². The Kier molecular flexibility index (Phi) is 7.26. The first-order valence-electron chi connectivity index (χ1n) is 9.46. The van der Waals surface area contributed by atoms with E-state index in [1.54, 1.807) is 30.3 Å². The number of ether oxygens (including phenoxy) is 2. The summed E-state index contributed by atoms with van der Waals surface area (Å²) in [6, 6.07) is 29.1. The van der Waals surface area contributed by atoms with E-state index >= 15 is 0 Å². The summed E-state index contributed by atoms with van der Waals surface area (Å²) in [7, 11) is 2.50. The van der Waals surface area contributed by atoms with E-state index in [0.29, 0.717) is 5.56 Å². The molecule has 4 rings (SSSR count). The minimum Gasteiger partial charge on any atom is -0.342 e. The molecule has 3 aromatic rings. The molecule has 0 spiro atoms. The van der Waals surface area contributed by atoms with Crippen LogP contribution in [0.25, 0.3) is 11.1 Å². The summed E-state index contributed by atoms with van der Waals surface area (Å²) in [6.45, 7) is 0. The van der Waals surface area contributed by atoms with Crippen LogP contribution in [0.1, 0.15) is 10.4 Å². The molecule has 0 radical (unpaired) electrons. The SMILES string of the molecule is COC(OC)(C(=O)c1ccccc1)C1=NN=NC1=O.c1ccc(-c2ccccc2)cc1. The van der Waals surface area contributed by atoms with Gasteiger partial charge in [0.05, 0.1) is 0 Å². The van der Waals surface area contributed by atoms with Crippen molar-refractivity contribution in [3.8, 4) is 11.1 Å². The maximum atomic E-state index is 12.5. The third-order valence-corrected chi connectivity index (χ3v) is 4.59. The molecule has 1 aliphatic heterocycles.